The van der Waals surface area contributed by atoms with Crippen LogP contribution < -0.4 is 10.6 Å². The molecule has 35 heavy (non-hydrogen) atoms. The van der Waals surface area contributed by atoms with Crippen LogP contribution in [0.2, 0.25) is 0 Å². The van der Waals surface area contributed by atoms with Gasteiger partial charge in [0.2, 0.25) is 11.8 Å². The number of nitrogens with one attached hydrogen (secondary N) is 2. The van der Waals surface area contributed by atoms with E-state index in [1.165, 1.54) is 12.0 Å². The fourth-order valence-electron chi connectivity index (χ4n) is 3.44. The number of nitrogens with zero attached hydrogens (tertiary/aromatic N) is 1. The summed E-state index contributed by atoms with van der Waals surface area (Å²) >= 11 is 1.54. The minimum absolute atomic E-state index is 0.203. The number of thioether (sulfide) groups is 1. The highest BCUT2D eigenvalue weighted by atomic mass is 32.2. The summed E-state index contributed by atoms with van der Waals surface area (Å²) in [6.45, 7) is 10.6. The zero-order chi connectivity index (χ0) is 26.8. The monoisotopic (exact) mass is 509 g/mol. The summed E-state index contributed by atoms with van der Waals surface area (Å²) in [5, 5.41) is 5.26. The first-order valence-electron chi connectivity index (χ1n) is 11.5. The summed E-state index contributed by atoms with van der Waals surface area (Å²) in [6, 6.07) is 3.76. The second-order valence-electron chi connectivity index (χ2n) is 9.16. The van der Waals surface area contributed by atoms with Gasteiger partial charge in [0.15, 0.2) is 0 Å². The highest BCUT2D eigenvalue weighted by Gasteiger charge is 2.36. The van der Waals surface area contributed by atoms with Gasteiger partial charge in [0.05, 0.1) is 7.11 Å². The summed E-state index contributed by atoms with van der Waals surface area (Å²) in [5.74, 6) is -0.907. The molecule has 0 aliphatic carbocycles. The van der Waals surface area contributed by atoms with Gasteiger partial charge in [-0.05, 0) is 71.1 Å². The van der Waals surface area contributed by atoms with Crippen LogP contribution in [0.5, 0.6) is 0 Å². The number of carbonyl (C=O) groups excluding carboxylic acids is 4. The van der Waals surface area contributed by atoms with Crippen molar-refractivity contribution in [1.82, 2.24) is 15.5 Å². The molecule has 3 amide bonds. The first-order chi connectivity index (χ1) is 16.3. The van der Waals surface area contributed by atoms with Gasteiger partial charge in [-0.2, -0.15) is 11.8 Å². The van der Waals surface area contributed by atoms with Gasteiger partial charge in [-0.3, -0.25) is 14.4 Å². The van der Waals surface area contributed by atoms with Gasteiger partial charge in [0.1, 0.15) is 24.2 Å². The van der Waals surface area contributed by atoms with E-state index in [0.717, 1.165) is 11.1 Å². The Bertz CT molecular complexity index is 900. The predicted octanol–water partition coefficient (Wildman–Crippen LogP) is 3.13. The third-order valence-electron chi connectivity index (χ3n) is 5.15. The van der Waals surface area contributed by atoms with Gasteiger partial charge in [-0.15, -0.1) is 0 Å². The Hall–Kier alpha value is -2.75. The Kier molecular flexibility index (Phi) is 12.1. The van der Waals surface area contributed by atoms with Crippen molar-refractivity contribution in [3.63, 3.8) is 0 Å². The average Bonchev–Trinajstić information content (AvgIpc) is 2.78. The molecule has 0 aromatic heterocycles. The number of benzene rings is 1. The van der Waals surface area contributed by atoms with Crippen molar-refractivity contribution in [3.05, 3.63) is 34.9 Å². The van der Waals surface area contributed by atoms with Crippen molar-refractivity contribution in [2.75, 3.05) is 32.2 Å². The summed E-state index contributed by atoms with van der Waals surface area (Å²) in [6.07, 6.45) is 1.57. The summed E-state index contributed by atoms with van der Waals surface area (Å²) in [4.78, 5) is 52.7. The lowest BCUT2D eigenvalue weighted by atomic mass is 9.96. The van der Waals surface area contributed by atoms with Crippen molar-refractivity contribution in [2.45, 2.75) is 65.6 Å². The van der Waals surface area contributed by atoms with E-state index in [1.54, 1.807) is 39.5 Å². The molecule has 196 valence electrons. The molecule has 1 aromatic carbocycles. The highest BCUT2D eigenvalue weighted by molar-refractivity contribution is 7.98. The van der Waals surface area contributed by atoms with Crippen molar-refractivity contribution < 1.29 is 28.7 Å². The number of methoxy groups -OCH3 is 1. The van der Waals surface area contributed by atoms with E-state index in [2.05, 4.69) is 15.4 Å². The number of ether oxygens (including phenoxy) is 2. The van der Waals surface area contributed by atoms with Crippen molar-refractivity contribution in [3.8, 4) is 0 Å². The van der Waals surface area contributed by atoms with E-state index in [4.69, 9.17) is 4.74 Å². The summed E-state index contributed by atoms with van der Waals surface area (Å²) < 4.78 is 9.99. The third-order valence-corrected chi connectivity index (χ3v) is 5.79. The number of carbonyl (C=O) groups is 4. The highest BCUT2D eigenvalue weighted by Crippen LogP contribution is 2.27. The van der Waals surface area contributed by atoms with E-state index < -0.39 is 41.6 Å². The van der Waals surface area contributed by atoms with Gasteiger partial charge < -0.3 is 25.0 Å². The van der Waals surface area contributed by atoms with Crippen LogP contribution >= 0.6 is 11.8 Å². The van der Waals surface area contributed by atoms with Crippen molar-refractivity contribution >= 4 is 35.6 Å². The van der Waals surface area contributed by atoms with Crippen molar-refractivity contribution in [2.24, 2.45) is 0 Å². The molecule has 2 N–H and O–H groups in total. The maximum Gasteiger partial charge on any atom is 0.408 e. The molecule has 0 aliphatic heterocycles. The lowest BCUT2D eigenvalue weighted by Crippen LogP contribution is -2.53. The quantitative estimate of drug-likeness (QED) is 0.441. The average molecular weight is 510 g/mol. The van der Waals surface area contributed by atoms with Crippen LogP contribution in [-0.2, 0) is 23.9 Å². The molecule has 1 aromatic rings. The molecule has 0 radical (unpaired) electrons. The van der Waals surface area contributed by atoms with Crippen LogP contribution in [0.1, 0.15) is 56.8 Å². The molecule has 2 atom stereocenters. The predicted molar refractivity (Wildman–Crippen MR) is 137 cm³/mol. The largest absolute Gasteiger partial charge is 0.468 e. The zero-order valence-electron chi connectivity index (χ0n) is 22.0. The minimum atomic E-state index is -1.01. The summed E-state index contributed by atoms with van der Waals surface area (Å²) in [7, 11) is 1.23. The van der Waals surface area contributed by atoms with Gasteiger partial charge in [0, 0.05) is 6.54 Å². The van der Waals surface area contributed by atoms with Gasteiger partial charge >= 0.3 is 12.1 Å². The van der Waals surface area contributed by atoms with E-state index in [-0.39, 0.29) is 13.1 Å². The third kappa shape index (κ3) is 9.79. The van der Waals surface area contributed by atoms with Crippen LogP contribution in [-0.4, -0.2) is 72.6 Å². The number of hydrogen-bond acceptors (Lipinski definition) is 7. The first-order valence-corrected chi connectivity index (χ1v) is 12.9. The standard InChI is InChI=1S/C25H39N3O6S/c1-9-28(23(31)19(12-13-35-8)27-24(32)34-25(4,5)6)21(22(30)26-15-20(29)33-7)18-14-16(2)10-11-17(18)3/h10-11,14,19,21H,9,12-13,15H2,1-8H3,(H,26,30)(H,27,32). The van der Waals surface area contributed by atoms with Crippen molar-refractivity contribution in [1.29, 1.82) is 0 Å². The molecule has 0 bridgehead atoms. The number of amides is 3. The lowest BCUT2D eigenvalue weighted by Gasteiger charge is -2.34. The Labute approximate surface area is 212 Å². The molecule has 0 fully saturated rings. The van der Waals surface area contributed by atoms with Crippen LogP contribution in [0.15, 0.2) is 18.2 Å². The zero-order valence-corrected chi connectivity index (χ0v) is 22.8. The van der Waals surface area contributed by atoms with Crippen LogP contribution in [0.25, 0.3) is 0 Å². The molecular weight excluding hydrogens is 470 g/mol. The number of alkyl carbamates (subject to hydrolysis) is 1. The van der Waals surface area contributed by atoms with Crippen LogP contribution in [0.4, 0.5) is 4.79 Å². The van der Waals surface area contributed by atoms with Crippen LogP contribution in [0, 0.1) is 13.8 Å². The molecule has 0 heterocycles. The fraction of sp³-hybridized carbons (Fsp3) is 0.600. The smallest absolute Gasteiger partial charge is 0.408 e. The SMILES string of the molecule is CCN(C(=O)C(CCSC)NC(=O)OC(C)(C)C)C(C(=O)NCC(=O)OC)c1cc(C)ccc1C. The lowest BCUT2D eigenvalue weighted by molar-refractivity contribution is -0.144. The maximum absolute atomic E-state index is 13.8. The molecule has 1 rings (SSSR count). The van der Waals surface area contributed by atoms with Gasteiger partial charge in [-0.25, -0.2) is 4.79 Å². The number of esters is 1. The van der Waals surface area contributed by atoms with Crippen LogP contribution in [0.3, 0.4) is 0 Å². The topological polar surface area (TPSA) is 114 Å². The molecule has 0 saturated heterocycles. The van der Waals surface area contributed by atoms with Gasteiger partial charge in [-0.1, -0.05) is 23.8 Å². The number of likely N-dealkylation sites (N-methyl/N-ethyl adjacent to an activating group) is 1. The van der Waals surface area contributed by atoms with Gasteiger partial charge in [0.25, 0.3) is 0 Å². The molecule has 2 unspecified atom stereocenters. The minimum Gasteiger partial charge on any atom is -0.468 e. The Morgan fingerprint density at radius 1 is 1.14 bits per heavy atom. The summed E-state index contributed by atoms with van der Waals surface area (Å²) in [5.41, 5.74) is 1.66. The number of rotatable bonds is 11. The molecule has 0 aliphatic rings. The van der Waals surface area contributed by atoms with E-state index in [9.17, 15) is 19.2 Å². The number of aryl methyl sites for hydroxylation is 2. The molecule has 0 saturated carbocycles. The Morgan fingerprint density at radius 3 is 2.34 bits per heavy atom. The number of hydrogen-bond donors (Lipinski definition) is 2. The van der Waals surface area contributed by atoms with E-state index in [0.29, 0.717) is 17.7 Å². The van der Waals surface area contributed by atoms with E-state index in [1.807, 2.05) is 38.3 Å². The molecular formula is C25H39N3O6S. The second-order valence-corrected chi connectivity index (χ2v) is 10.1. The molecule has 0 spiro atoms. The fourth-order valence-corrected chi connectivity index (χ4v) is 3.91. The maximum atomic E-state index is 13.8. The first kappa shape index (κ1) is 30.3. The molecule has 10 heteroatoms. The van der Waals surface area contributed by atoms with E-state index >= 15 is 0 Å². The Balaban J connectivity index is 3.39. The Morgan fingerprint density at radius 2 is 1.80 bits per heavy atom. The second kappa shape index (κ2) is 14.0. The normalized spacial score (nSPS) is 12.8. The molecule has 9 nitrogen and oxygen atoms in total.